The number of amides is 1. The van der Waals surface area contributed by atoms with Crippen LogP contribution in [0.2, 0.25) is 0 Å². The number of aromatic nitrogens is 2. The third-order valence-electron chi connectivity index (χ3n) is 4.28. The SMILES string of the molecule is COc1ccc(CCNC(=O)c2nnc(CCc3ccccc3)o2)cc1OC. The van der Waals surface area contributed by atoms with Crippen LogP contribution in [-0.2, 0) is 19.3 Å². The van der Waals surface area contributed by atoms with Gasteiger partial charge in [0, 0.05) is 13.0 Å². The van der Waals surface area contributed by atoms with E-state index in [1.54, 1.807) is 14.2 Å². The van der Waals surface area contributed by atoms with Gasteiger partial charge >= 0.3 is 11.8 Å². The first-order valence-electron chi connectivity index (χ1n) is 9.05. The van der Waals surface area contributed by atoms with Crippen LogP contribution in [0.25, 0.3) is 0 Å². The lowest BCUT2D eigenvalue weighted by Crippen LogP contribution is -2.26. The largest absolute Gasteiger partial charge is 0.493 e. The van der Waals surface area contributed by atoms with E-state index in [0.717, 1.165) is 12.0 Å². The summed E-state index contributed by atoms with van der Waals surface area (Å²) < 4.78 is 16.0. The Balaban J connectivity index is 1.48. The van der Waals surface area contributed by atoms with Crippen molar-refractivity contribution in [3.05, 3.63) is 71.4 Å². The van der Waals surface area contributed by atoms with E-state index < -0.39 is 0 Å². The monoisotopic (exact) mass is 381 g/mol. The molecule has 0 aliphatic heterocycles. The highest BCUT2D eigenvalue weighted by Crippen LogP contribution is 2.27. The molecule has 3 aromatic rings. The van der Waals surface area contributed by atoms with Gasteiger partial charge in [0.1, 0.15) is 0 Å². The molecule has 7 heteroatoms. The van der Waals surface area contributed by atoms with E-state index >= 15 is 0 Å². The maximum atomic E-state index is 12.2. The molecule has 1 aromatic heterocycles. The molecule has 0 saturated carbocycles. The third-order valence-corrected chi connectivity index (χ3v) is 4.28. The lowest BCUT2D eigenvalue weighted by atomic mass is 10.1. The molecule has 1 N–H and O–H groups in total. The van der Waals surface area contributed by atoms with Crippen molar-refractivity contribution in [1.29, 1.82) is 0 Å². The average molecular weight is 381 g/mol. The molecule has 0 aliphatic rings. The fourth-order valence-electron chi connectivity index (χ4n) is 2.77. The summed E-state index contributed by atoms with van der Waals surface area (Å²) in [7, 11) is 3.19. The van der Waals surface area contributed by atoms with Gasteiger partial charge in [0.2, 0.25) is 5.89 Å². The number of nitrogens with zero attached hydrogens (tertiary/aromatic N) is 2. The Morgan fingerprint density at radius 2 is 1.71 bits per heavy atom. The van der Waals surface area contributed by atoms with Gasteiger partial charge in [0.05, 0.1) is 14.2 Å². The van der Waals surface area contributed by atoms with E-state index in [2.05, 4.69) is 15.5 Å². The zero-order valence-electron chi connectivity index (χ0n) is 16.0. The van der Waals surface area contributed by atoms with Crippen LogP contribution in [0.15, 0.2) is 52.9 Å². The van der Waals surface area contributed by atoms with E-state index in [1.165, 1.54) is 5.56 Å². The van der Waals surface area contributed by atoms with Crippen molar-refractivity contribution in [2.24, 2.45) is 0 Å². The van der Waals surface area contributed by atoms with E-state index in [-0.39, 0.29) is 11.8 Å². The summed E-state index contributed by atoms with van der Waals surface area (Å²) in [6.07, 6.45) is 2.01. The number of hydrogen-bond donors (Lipinski definition) is 1. The number of carbonyl (C=O) groups excluding carboxylic acids is 1. The van der Waals surface area contributed by atoms with Crippen LogP contribution in [0, 0.1) is 0 Å². The molecular formula is C21H23N3O4. The zero-order valence-corrected chi connectivity index (χ0v) is 16.0. The maximum Gasteiger partial charge on any atom is 0.308 e. The molecule has 0 spiro atoms. The lowest BCUT2D eigenvalue weighted by molar-refractivity contribution is 0.0917. The highest BCUT2D eigenvalue weighted by atomic mass is 16.5. The molecule has 7 nitrogen and oxygen atoms in total. The van der Waals surface area contributed by atoms with E-state index in [9.17, 15) is 4.79 Å². The van der Waals surface area contributed by atoms with Gasteiger partial charge in [-0.25, -0.2) is 0 Å². The van der Waals surface area contributed by atoms with Crippen molar-refractivity contribution >= 4 is 5.91 Å². The average Bonchev–Trinajstić information content (AvgIpc) is 3.22. The molecule has 2 aromatic carbocycles. The summed E-state index contributed by atoms with van der Waals surface area (Å²) in [5.41, 5.74) is 2.20. The van der Waals surface area contributed by atoms with Crippen molar-refractivity contribution in [3.63, 3.8) is 0 Å². The summed E-state index contributed by atoms with van der Waals surface area (Å²) in [5.74, 6) is 1.39. The Morgan fingerprint density at radius 3 is 2.46 bits per heavy atom. The van der Waals surface area contributed by atoms with Crippen molar-refractivity contribution in [2.75, 3.05) is 20.8 Å². The van der Waals surface area contributed by atoms with Gasteiger partial charge < -0.3 is 19.2 Å². The number of aryl methyl sites for hydroxylation is 2. The summed E-state index contributed by atoms with van der Waals surface area (Å²) in [4.78, 5) is 12.2. The second-order valence-electron chi connectivity index (χ2n) is 6.18. The van der Waals surface area contributed by atoms with Gasteiger partial charge in [-0.05, 0) is 36.1 Å². The first kappa shape index (κ1) is 19.4. The first-order chi connectivity index (χ1) is 13.7. The fourth-order valence-corrected chi connectivity index (χ4v) is 2.77. The number of methoxy groups -OCH3 is 2. The molecule has 1 amide bonds. The minimum absolute atomic E-state index is 0.0182. The zero-order chi connectivity index (χ0) is 19.8. The molecule has 146 valence electrons. The van der Waals surface area contributed by atoms with Gasteiger partial charge in [0.15, 0.2) is 11.5 Å². The first-order valence-corrected chi connectivity index (χ1v) is 9.05. The number of nitrogens with one attached hydrogen (secondary N) is 1. The molecule has 0 aliphatic carbocycles. The number of benzene rings is 2. The molecule has 0 fully saturated rings. The number of hydrogen-bond acceptors (Lipinski definition) is 6. The van der Waals surface area contributed by atoms with Crippen molar-refractivity contribution in [3.8, 4) is 11.5 Å². The summed E-state index contributed by atoms with van der Waals surface area (Å²) in [6, 6.07) is 15.7. The molecule has 3 rings (SSSR count). The molecule has 0 unspecified atom stereocenters. The van der Waals surface area contributed by atoms with Crippen LogP contribution >= 0.6 is 0 Å². The van der Waals surface area contributed by atoms with Crippen LogP contribution in [0.3, 0.4) is 0 Å². The summed E-state index contributed by atoms with van der Waals surface area (Å²) in [6.45, 7) is 0.441. The van der Waals surface area contributed by atoms with Gasteiger partial charge in [0.25, 0.3) is 0 Å². The molecule has 1 heterocycles. The van der Waals surface area contributed by atoms with Gasteiger partial charge in [-0.3, -0.25) is 4.79 Å². The Hall–Kier alpha value is -3.35. The molecule has 0 atom stereocenters. The molecule has 0 radical (unpaired) electrons. The van der Waals surface area contributed by atoms with Gasteiger partial charge in [-0.15, -0.1) is 10.2 Å². The van der Waals surface area contributed by atoms with Crippen molar-refractivity contribution in [2.45, 2.75) is 19.3 Å². The minimum Gasteiger partial charge on any atom is -0.493 e. The predicted molar refractivity (Wildman–Crippen MR) is 104 cm³/mol. The lowest BCUT2D eigenvalue weighted by Gasteiger charge is -2.09. The van der Waals surface area contributed by atoms with Crippen molar-refractivity contribution in [1.82, 2.24) is 15.5 Å². The Labute approximate surface area is 163 Å². The molecule has 28 heavy (non-hydrogen) atoms. The van der Waals surface area contributed by atoms with Crippen LogP contribution in [-0.4, -0.2) is 36.9 Å². The topological polar surface area (TPSA) is 86.5 Å². The van der Waals surface area contributed by atoms with E-state index in [1.807, 2.05) is 48.5 Å². The Kier molecular flexibility index (Phi) is 6.62. The second kappa shape index (κ2) is 9.55. The minimum atomic E-state index is -0.376. The number of carbonyl (C=O) groups is 1. The van der Waals surface area contributed by atoms with Gasteiger partial charge in [-0.2, -0.15) is 0 Å². The number of rotatable bonds is 9. The fraction of sp³-hybridized carbons (Fsp3) is 0.286. The standard InChI is InChI=1S/C21H23N3O4/c1-26-17-10-8-16(14-18(17)27-2)12-13-22-20(25)21-24-23-19(28-21)11-9-15-6-4-3-5-7-15/h3-8,10,14H,9,11-13H2,1-2H3,(H,22,25). The third kappa shape index (κ3) is 5.09. The summed E-state index contributed by atoms with van der Waals surface area (Å²) >= 11 is 0. The van der Waals surface area contributed by atoms with Crippen LogP contribution in [0.5, 0.6) is 11.5 Å². The summed E-state index contributed by atoms with van der Waals surface area (Å²) in [5, 5.41) is 10.6. The normalized spacial score (nSPS) is 10.5. The quantitative estimate of drug-likeness (QED) is 0.613. The Bertz CT molecular complexity index is 909. The van der Waals surface area contributed by atoms with E-state index in [0.29, 0.717) is 36.8 Å². The second-order valence-corrected chi connectivity index (χ2v) is 6.18. The van der Waals surface area contributed by atoms with Crippen molar-refractivity contribution < 1.29 is 18.7 Å². The van der Waals surface area contributed by atoms with Crippen LogP contribution in [0.4, 0.5) is 0 Å². The highest BCUT2D eigenvalue weighted by Gasteiger charge is 2.14. The van der Waals surface area contributed by atoms with Crippen LogP contribution in [0.1, 0.15) is 27.7 Å². The number of ether oxygens (including phenoxy) is 2. The van der Waals surface area contributed by atoms with Gasteiger partial charge in [-0.1, -0.05) is 36.4 Å². The molecule has 0 saturated heterocycles. The maximum absolute atomic E-state index is 12.2. The smallest absolute Gasteiger partial charge is 0.308 e. The van der Waals surface area contributed by atoms with E-state index in [4.69, 9.17) is 13.9 Å². The Morgan fingerprint density at radius 1 is 0.929 bits per heavy atom. The highest BCUT2D eigenvalue weighted by molar-refractivity contribution is 5.89. The van der Waals surface area contributed by atoms with Crippen LogP contribution < -0.4 is 14.8 Å². The molecular weight excluding hydrogens is 358 g/mol. The predicted octanol–water partition coefficient (Wildman–Crippen LogP) is 2.84. The molecule has 0 bridgehead atoms.